The van der Waals surface area contributed by atoms with E-state index in [4.69, 9.17) is 15.3 Å². The molecule has 145 valence electrons. The van der Waals surface area contributed by atoms with Crippen LogP contribution in [0, 0.1) is 29.2 Å². The number of Topliss-reactive ketones (excluding diaryl/α,β-unsaturated/α-hetero) is 1. The Morgan fingerprint density at radius 1 is 1.08 bits per heavy atom. The molecule has 8 nitrogen and oxygen atoms in total. The van der Waals surface area contributed by atoms with Crippen molar-refractivity contribution in [3.05, 3.63) is 63.1 Å². The van der Waals surface area contributed by atoms with Gasteiger partial charge in [-0.3, -0.25) is 9.97 Å². The third kappa shape index (κ3) is 14.0. The SMILES string of the molecule is CC(=O)CC(C)[O-].Cc1ccnc(-c2cc(C)ccn2)c1.O=[N+]([O-])[O-].[Cu+2]. The Hall–Kier alpha value is -2.35. The number of carbonyl (C=O) groups is 1. The molecule has 0 aromatic carbocycles. The predicted molar refractivity (Wildman–Crippen MR) is 92.1 cm³/mol. The molecular formula is C17H21CuN3O5. The summed E-state index contributed by atoms with van der Waals surface area (Å²) in [5.41, 5.74) is 4.29. The van der Waals surface area contributed by atoms with Gasteiger partial charge >= 0.3 is 17.1 Å². The van der Waals surface area contributed by atoms with Crippen LogP contribution in [0.25, 0.3) is 11.4 Å². The number of ketones is 1. The second kappa shape index (κ2) is 13.9. The third-order valence-corrected chi connectivity index (χ3v) is 2.67. The van der Waals surface area contributed by atoms with Crippen LogP contribution >= 0.6 is 0 Å². The first kappa shape index (κ1) is 25.9. The van der Waals surface area contributed by atoms with Crippen molar-refractivity contribution in [1.29, 1.82) is 0 Å². The van der Waals surface area contributed by atoms with E-state index in [9.17, 15) is 9.90 Å². The number of carbonyl (C=O) groups excluding carboxylic acids is 1. The van der Waals surface area contributed by atoms with Crippen molar-refractivity contribution in [1.82, 2.24) is 9.97 Å². The largest absolute Gasteiger partial charge is 2.00 e. The predicted octanol–water partition coefficient (Wildman–Crippen LogP) is 2.23. The second-order valence-electron chi connectivity index (χ2n) is 5.38. The van der Waals surface area contributed by atoms with Crippen LogP contribution in [0.2, 0.25) is 0 Å². The molecule has 0 bridgehead atoms. The van der Waals surface area contributed by atoms with Gasteiger partial charge in [0.05, 0.1) is 16.5 Å². The Balaban J connectivity index is 0. The Labute approximate surface area is 162 Å². The van der Waals surface area contributed by atoms with Crippen molar-refractivity contribution >= 4 is 5.78 Å². The minimum Gasteiger partial charge on any atom is -0.852 e. The van der Waals surface area contributed by atoms with E-state index in [1.54, 1.807) is 0 Å². The zero-order valence-electron chi connectivity index (χ0n) is 14.9. The van der Waals surface area contributed by atoms with Crippen LogP contribution in [0.15, 0.2) is 36.7 Å². The zero-order valence-corrected chi connectivity index (χ0v) is 15.9. The molecular weight excluding hydrogens is 390 g/mol. The van der Waals surface area contributed by atoms with E-state index in [0.717, 1.165) is 11.4 Å². The summed E-state index contributed by atoms with van der Waals surface area (Å²) in [6.07, 6.45) is 3.07. The number of pyridine rings is 2. The quantitative estimate of drug-likeness (QED) is 0.430. The molecule has 1 atom stereocenters. The van der Waals surface area contributed by atoms with E-state index in [0.29, 0.717) is 0 Å². The summed E-state index contributed by atoms with van der Waals surface area (Å²) in [7, 11) is 0. The molecule has 2 aromatic rings. The number of hydrogen-bond donors (Lipinski definition) is 0. The van der Waals surface area contributed by atoms with Crippen molar-refractivity contribution in [2.75, 3.05) is 0 Å². The van der Waals surface area contributed by atoms with E-state index < -0.39 is 11.2 Å². The zero-order chi connectivity index (χ0) is 19.4. The monoisotopic (exact) mass is 410 g/mol. The number of rotatable bonds is 3. The van der Waals surface area contributed by atoms with Gasteiger partial charge in [0, 0.05) is 12.4 Å². The summed E-state index contributed by atoms with van der Waals surface area (Å²) >= 11 is 0. The Morgan fingerprint density at radius 2 is 1.42 bits per heavy atom. The van der Waals surface area contributed by atoms with Crippen LogP contribution in [0.3, 0.4) is 0 Å². The third-order valence-electron chi connectivity index (χ3n) is 2.67. The van der Waals surface area contributed by atoms with Gasteiger partial charge in [-0.05, 0) is 62.6 Å². The van der Waals surface area contributed by atoms with E-state index >= 15 is 0 Å². The number of hydrogen-bond acceptors (Lipinski definition) is 7. The maximum absolute atomic E-state index is 10.1. The van der Waals surface area contributed by atoms with Crippen LogP contribution in [-0.4, -0.2) is 26.9 Å². The molecule has 0 aliphatic carbocycles. The fraction of sp³-hybridized carbons (Fsp3) is 0.353. The number of aryl methyl sites for hydroxylation is 2. The first-order valence-electron chi connectivity index (χ1n) is 7.44. The minimum atomic E-state index is -1.75. The van der Waals surface area contributed by atoms with Gasteiger partial charge in [-0.15, -0.1) is 6.10 Å². The summed E-state index contributed by atoms with van der Waals surface area (Å²) < 4.78 is 0. The van der Waals surface area contributed by atoms with Gasteiger partial charge in [0.2, 0.25) is 0 Å². The fourth-order valence-corrected chi connectivity index (χ4v) is 1.76. The molecule has 0 fully saturated rings. The molecule has 0 saturated heterocycles. The van der Waals surface area contributed by atoms with E-state index in [-0.39, 0.29) is 29.3 Å². The summed E-state index contributed by atoms with van der Waals surface area (Å²) in [5.74, 6) is -0.0255. The summed E-state index contributed by atoms with van der Waals surface area (Å²) in [5, 5.41) is 24.9. The molecule has 0 spiro atoms. The van der Waals surface area contributed by atoms with Gasteiger partial charge < -0.3 is 25.2 Å². The molecule has 1 radical (unpaired) electrons. The molecule has 2 rings (SSSR count). The molecule has 2 aromatic heterocycles. The molecule has 2 heterocycles. The Morgan fingerprint density at radius 3 is 1.62 bits per heavy atom. The van der Waals surface area contributed by atoms with Gasteiger partial charge in [-0.1, -0.05) is 6.92 Å². The number of nitrogens with zero attached hydrogens (tertiary/aromatic N) is 3. The first-order chi connectivity index (χ1) is 11.6. The first-order valence-corrected chi connectivity index (χ1v) is 7.44. The van der Waals surface area contributed by atoms with Crippen molar-refractivity contribution in [2.24, 2.45) is 0 Å². The van der Waals surface area contributed by atoms with E-state index in [2.05, 4.69) is 23.8 Å². The smallest absolute Gasteiger partial charge is 0.852 e. The molecule has 0 aliphatic rings. The van der Waals surface area contributed by atoms with Crippen molar-refractivity contribution in [3.8, 4) is 11.4 Å². The van der Waals surface area contributed by atoms with Crippen molar-refractivity contribution < 1.29 is 32.1 Å². The molecule has 26 heavy (non-hydrogen) atoms. The van der Waals surface area contributed by atoms with Gasteiger partial charge in [-0.2, -0.15) is 0 Å². The maximum Gasteiger partial charge on any atom is 2.00 e. The average Bonchev–Trinajstić information content (AvgIpc) is 2.46. The fourth-order valence-electron chi connectivity index (χ4n) is 1.76. The number of aromatic nitrogens is 2. The summed E-state index contributed by atoms with van der Waals surface area (Å²) in [6.45, 7) is 7.03. The molecule has 0 amide bonds. The van der Waals surface area contributed by atoms with Gasteiger partial charge in [0.15, 0.2) is 0 Å². The van der Waals surface area contributed by atoms with Crippen LogP contribution in [0.5, 0.6) is 0 Å². The van der Waals surface area contributed by atoms with Gasteiger partial charge in [-0.25, -0.2) is 0 Å². The van der Waals surface area contributed by atoms with E-state index in [1.165, 1.54) is 25.0 Å². The van der Waals surface area contributed by atoms with Crippen molar-refractivity contribution in [3.63, 3.8) is 0 Å². The maximum atomic E-state index is 10.1. The summed E-state index contributed by atoms with van der Waals surface area (Å²) in [6, 6.07) is 8.06. The second-order valence-corrected chi connectivity index (χ2v) is 5.38. The molecule has 0 N–H and O–H groups in total. The molecule has 0 saturated carbocycles. The van der Waals surface area contributed by atoms with Gasteiger partial charge in [0.25, 0.3) is 0 Å². The summed E-state index contributed by atoms with van der Waals surface area (Å²) in [4.78, 5) is 26.9. The normalized spacial score (nSPS) is 10.0. The standard InChI is InChI=1S/C12H12N2.C5H9O2.Cu.NO3/c1-9-3-5-13-11(7-9)12-8-10(2)4-6-14-12;1-4(6)3-5(2)7;;2-1(3)4/h3-8H,1-2H3;4H,3H2,1-2H3;;/q;-1;+2;-1. The Kier molecular flexibility index (Phi) is 13.8. The van der Waals surface area contributed by atoms with Crippen LogP contribution in [0.4, 0.5) is 0 Å². The van der Waals surface area contributed by atoms with Crippen LogP contribution < -0.4 is 5.11 Å². The minimum absolute atomic E-state index is 0. The molecule has 1 unspecified atom stereocenters. The van der Waals surface area contributed by atoms with Crippen LogP contribution in [0.1, 0.15) is 31.4 Å². The van der Waals surface area contributed by atoms with E-state index in [1.807, 2.05) is 36.7 Å². The topological polar surface area (TPSA) is 132 Å². The Bertz CT molecular complexity index is 648. The average molecular weight is 411 g/mol. The molecule has 9 heteroatoms. The van der Waals surface area contributed by atoms with Gasteiger partial charge in [0.1, 0.15) is 5.78 Å². The molecule has 0 aliphatic heterocycles. The van der Waals surface area contributed by atoms with Crippen molar-refractivity contribution in [2.45, 2.75) is 40.2 Å². The van der Waals surface area contributed by atoms with Crippen LogP contribution in [-0.2, 0) is 21.9 Å².